The van der Waals surface area contributed by atoms with E-state index in [4.69, 9.17) is 11.6 Å². The topological polar surface area (TPSA) is 67.8 Å². The van der Waals surface area contributed by atoms with Gasteiger partial charge < -0.3 is 5.32 Å². The monoisotopic (exact) mass is 310 g/mol. The van der Waals surface area contributed by atoms with Gasteiger partial charge in [0.15, 0.2) is 0 Å². The normalized spacial score (nSPS) is 11.4. The second-order valence-electron chi connectivity index (χ2n) is 5.49. The Bertz CT molecular complexity index is 648. The first-order valence-corrected chi connectivity index (χ1v) is 7.20. The van der Waals surface area contributed by atoms with E-state index in [1.165, 1.54) is 6.20 Å². The van der Waals surface area contributed by atoms with Crippen LogP contribution in [-0.2, 0) is 5.41 Å². The zero-order valence-corrected chi connectivity index (χ0v) is 13.3. The molecule has 0 atom stereocenters. The molecule has 2 aromatic rings. The van der Waals surface area contributed by atoms with Crippen LogP contribution < -0.4 is 5.32 Å². The van der Waals surface area contributed by atoms with Crippen LogP contribution in [0, 0.1) is 6.92 Å². The maximum absolute atomic E-state index is 12.3. The van der Waals surface area contributed by atoms with Crippen molar-refractivity contribution < 1.29 is 4.79 Å². The molecular weight excluding hydrogens is 296 g/mol. The largest absolute Gasteiger partial charge is 0.320 e. The summed E-state index contributed by atoms with van der Waals surface area (Å²) in [4.78, 5) is 16.8. The van der Waals surface area contributed by atoms with Crippen molar-refractivity contribution in [1.29, 1.82) is 0 Å². The molecule has 0 saturated heterocycles. The first-order valence-electron chi connectivity index (χ1n) is 6.05. The van der Waals surface area contributed by atoms with E-state index in [9.17, 15) is 4.79 Å². The average molecular weight is 311 g/mol. The van der Waals surface area contributed by atoms with E-state index in [0.717, 1.165) is 17.1 Å². The van der Waals surface area contributed by atoms with E-state index < -0.39 is 0 Å². The molecule has 1 amide bonds. The standard InChI is InChI=1S/C13H15ClN4OS/c1-7-5-8(6-15-11(7)14)16-12(19)9-10(13(2,3)4)17-18-20-9/h5-6H,1-4H3,(H,16,19). The van der Waals surface area contributed by atoms with Gasteiger partial charge in [-0.15, -0.1) is 5.10 Å². The smallest absolute Gasteiger partial charge is 0.269 e. The van der Waals surface area contributed by atoms with Gasteiger partial charge in [0.25, 0.3) is 5.91 Å². The van der Waals surface area contributed by atoms with Crippen molar-refractivity contribution in [3.8, 4) is 0 Å². The summed E-state index contributed by atoms with van der Waals surface area (Å²) in [5, 5.41) is 7.28. The van der Waals surface area contributed by atoms with Gasteiger partial charge in [-0.3, -0.25) is 4.79 Å². The van der Waals surface area contributed by atoms with Gasteiger partial charge >= 0.3 is 0 Å². The van der Waals surface area contributed by atoms with Gasteiger partial charge in [-0.2, -0.15) is 0 Å². The van der Waals surface area contributed by atoms with Crippen molar-refractivity contribution in [2.75, 3.05) is 5.32 Å². The number of pyridine rings is 1. The van der Waals surface area contributed by atoms with Crippen molar-refractivity contribution in [3.63, 3.8) is 0 Å². The van der Waals surface area contributed by atoms with Crippen molar-refractivity contribution in [2.45, 2.75) is 33.1 Å². The molecule has 2 aromatic heterocycles. The molecule has 20 heavy (non-hydrogen) atoms. The lowest BCUT2D eigenvalue weighted by Crippen LogP contribution is -2.20. The summed E-state index contributed by atoms with van der Waals surface area (Å²) in [7, 11) is 0. The molecule has 0 bridgehead atoms. The Balaban J connectivity index is 2.25. The minimum atomic E-state index is -0.228. The van der Waals surface area contributed by atoms with Crippen molar-refractivity contribution in [3.05, 3.63) is 33.6 Å². The second kappa shape index (κ2) is 5.46. The highest BCUT2D eigenvalue weighted by atomic mass is 35.5. The van der Waals surface area contributed by atoms with Crippen LogP contribution in [0.5, 0.6) is 0 Å². The SMILES string of the molecule is Cc1cc(NC(=O)c2snnc2C(C)(C)C)cnc1Cl. The molecule has 5 nitrogen and oxygen atoms in total. The van der Waals surface area contributed by atoms with E-state index >= 15 is 0 Å². The number of carbonyl (C=O) groups is 1. The summed E-state index contributed by atoms with van der Waals surface area (Å²) >= 11 is 6.95. The average Bonchev–Trinajstić information content (AvgIpc) is 2.83. The third-order valence-electron chi connectivity index (χ3n) is 2.68. The summed E-state index contributed by atoms with van der Waals surface area (Å²) in [6, 6.07) is 1.78. The van der Waals surface area contributed by atoms with Gasteiger partial charge in [0.1, 0.15) is 10.0 Å². The lowest BCUT2D eigenvalue weighted by atomic mass is 9.91. The minimum Gasteiger partial charge on any atom is -0.320 e. The minimum absolute atomic E-state index is 0.228. The molecule has 0 aliphatic carbocycles. The molecule has 2 rings (SSSR count). The zero-order valence-electron chi connectivity index (χ0n) is 11.7. The molecule has 106 valence electrons. The van der Waals surface area contributed by atoms with Crippen molar-refractivity contribution in [2.24, 2.45) is 0 Å². The number of nitrogens with zero attached hydrogens (tertiary/aromatic N) is 3. The van der Waals surface area contributed by atoms with Crippen LogP contribution in [-0.4, -0.2) is 20.5 Å². The predicted octanol–water partition coefficient (Wildman–Crippen LogP) is 3.44. The number of amides is 1. The molecule has 1 N–H and O–H groups in total. The number of hydrogen-bond acceptors (Lipinski definition) is 5. The van der Waals surface area contributed by atoms with Crippen LogP contribution in [0.3, 0.4) is 0 Å². The molecule has 0 unspecified atom stereocenters. The highest BCUT2D eigenvalue weighted by Gasteiger charge is 2.26. The molecule has 2 heterocycles. The maximum Gasteiger partial charge on any atom is 0.269 e. The third kappa shape index (κ3) is 3.13. The maximum atomic E-state index is 12.3. The van der Waals surface area contributed by atoms with Crippen LogP contribution in [0.2, 0.25) is 5.15 Å². The summed E-state index contributed by atoms with van der Waals surface area (Å²) in [5.41, 5.74) is 1.88. The highest BCUT2D eigenvalue weighted by Crippen LogP contribution is 2.26. The number of rotatable bonds is 2. The number of aryl methyl sites for hydroxylation is 1. The molecule has 0 aliphatic heterocycles. The fourth-order valence-electron chi connectivity index (χ4n) is 1.64. The summed E-state index contributed by atoms with van der Waals surface area (Å²) < 4.78 is 3.88. The number of nitrogens with one attached hydrogen (secondary N) is 1. The molecular formula is C13H15ClN4OS. The van der Waals surface area contributed by atoms with Crippen LogP contribution in [0.1, 0.15) is 41.7 Å². The van der Waals surface area contributed by atoms with Crippen LogP contribution in [0.15, 0.2) is 12.3 Å². The first kappa shape index (κ1) is 14.9. The van der Waals surface area contributed by atoms with E-state index in [1.807, 2.05) is 27.7 Å². The Labute approximate surface area is 126 Å². The van der Waals surface area contributed by atoms with Crippen molar-refractivity contribution in [1.82, 2.24) is 14.6 Å². The molecule has 7 heteroatoms. The van der Waals surface area contributed by atoms with Crippen molar-refractivity contribution >= 4 is 34.7 Å². The molecule has 0 aliphatic rings. The fraction of sp³-hybridized carbons (Fsp3) is 0.385. The number of carbonyl (C=O) groups excluding carboxylic acids is 1. The summed E-state index contributed by atoms with van der Waals surface area (Å²) in [5.74, 6) is -0.228. The Hall–Kier alpha value is -1.53. The zero-order chi connectivity index (χ0) is 14.9. The van der Waals surface area contributed by atoms with E-state index in [2.05, 4.69) is 19.9 Å². The predicted molar refractivity (Wildman–Crippen MR) is 80.5 cm³/mol. The first-order chi connectivity index (χ1) is 9.29. The Morgan fingerprint density at radius 1 is 1.40 bits per heavy atom. The Morgan fingerprint density at radius 3 is 2.70 bits per heavy atom. The second-order valence-corrected chi connectivity index (χ2v) is 6.60. The summed E-state index contributed by atoms with van der Waals surface area (Å²) in [6.45, 7) is 7.82. The van der Waals surface area contributed by atoms with Gasteiger partial charge in [-0.25, -0.2) is 4.98 Å². The van der Waals surface area contributed by atoms with Gasteiger partial charge in [0.2, 0.25) is 0 Å². The Morgan fingerprint density at radius 2 is 2.10 bits per heavy atom. The highest BCUT2D eigenvalue weighted by molar-refractivity contribution is 7.08. The van der Waals surface area contributed by atoms with E-state index in [1.54, 1.807) is 6.07 Å². The number of halogens is 1. The number of aromatic nitrogens is 3. The van der Waals surface area contributed by atoms with Gasteiger partial charge in [-0.1, -0.05) is 36.9 Å². The fourth-order valence-corrected chi connectivity index (χ4v) is 2.52. The lowest BCUT2D eigenvalue weighted by molar-refractivity contribution is 0.102. The van der Waals surface area contributed by atoms with Gasteiger partial charge in [0.05, 0.1) is 17.6 Å². The molecule has 0 saturated carbocycles. The van der Waals surface area contributed by atoms with Crippen LogP contribution >= 0.6 is 23.1 Å². The lowest BCUT2D eigenvalue weighted by Gasteiger charge is -2.16. The van der Waals surface area contributed by atoms with Gasteiger partial charge in [-0.05, 0) is 30.1 Å². The van der Waals surface area contributed by atoms with E-state index in [0.29, 0.717) is 21.4 Å². The quantitative estimate of drug-likeness (QED) is 0.863. The molecule has 0 radical (unpaired) electrons. The number of anilines is 1. The van der Waals surface area contributed by atoms with Crippen LogP contribution in [0.4, 0.5) is 5.69 Å². The third-order valence-corrected chi connectivity index (χ3v) is 3.80. The Kier molecular flexibility index (Phi) is 4.06. The van der Waals surface area contributed by atoms with Gasteiger partial charge in [0, 0.05) is 5.41 Å². The molecule has 0 spiro atoms. The summed E-state index contributed by atoms with van der Waals surface area (Å²) in [6.07, 6.45) is 1.53. The van der Waals surface area contributed by atoms with Crippen LogP contribution in [0.25, 0.3) is 0 Å². The molecule has 0 fully saturated rings. The van der Waals surface area contributed by atoms with E-state index in [-0.39, 0.29) is 11.3 Å². The molecule has 0 aromatic carbocycles. The number of hydrogen-bond donors (Lipinski definition) is 1.